The number of para-hydroxylation sites is 2. The summed E-state index contributed by atoms with van der Waals surface area (Å²) >= 11 is 0. The van der Waals surface area contributed by atoms with Crippen LogP contribution in [-0.2, 0) is 6.42 Å². The van der Waals surface area contributed by atoms with Gasteiger partial charge < -0.3 is 9.88 Å². The molecule has 0 amide bonds. The van der Waals surface area contributed by atoms with Gasteiger partial charge in [0.15, 0.2) is 0 Å². The molecule has 6 aromatic rings. The van der Waals surface area contributed by atoms with E-state index in [9.17, 15) is 0 Å². The SMILES string of the molecule is CCc1ccc(-n2c3ccccc3c3c4c(ccc32)c2ccccc2n4C2=NC(C)N=C(C)N2)cc1.I. The summed E-state index contributed by atoms with van der Waals surface area (Å²) in [5, 5.41) is 8.36. The highest BCUT2D eigenvalue weighted by Gasteiger charge is 2.23. The second-order valence-electron chi connectivity index (χ2n) is 9.51. The van der Waals surface area contributed by atoms with Crippen LogP contribution in [0.4, 0.5) is 0 Å². The first-order valence-electron chi connectivity index (χ1n) is 12.6. The topological polar surface area (TPSA) is 46.6 Å². The number of fused-ring (bicyclic) bond motifs is 7. The first-order chi connectivity index (χ1) is 17.6. The van der Waals surface area contributed by atoms with Crippen molar-refractivity contribution in [3.8, 4) is 5.69 Å². The Morgan fingerprint density at radius 3 is 2.11 bits per heavy atom. The minimum Gasteiger partial charge on any atom is -0.314 e. The van der Waals surface area contributed by atoms with E-state index in [0.717, 1.165) is 23.7 Å². The molecule has 1 N–H and O–H groups in total. The van der Waals surface area contributed by atoms with Crippen molar-refractivity contribution in [1.82, 2.24) is 14.5 Å². The standard InChI is InChI=1S/C31H27N5.HI/c1-4-21-13-15-22(16-14-21)35-27-12-8-6-10-25(27)29-28(35)18-17-24-23-9-5-7-11-26(23)36(30(24)29)31-33-19(2)32-20(3)34-31;/h5-19H,4H2,1-3H3,(H,32,33,34);1H. The average molecular weight is 598 g/mol. The molecule has 4 aromatic carbocycles. The fourth-order valence-corrected chi connectivity index (χ4v) is 5.71. The number of nitrogens with zero attached hydrogens (tertiary/aromatic N) is 4. The molecule has 3 heterocycles. The van der Waals surface area contributed by atoms with Crippen LogP contribution >= 0.6 is 24.0 Å². The van der Waals surface area contributed by atoms with Gasteiger partial charge in [-0.25, -0.2) is 9.98 Å². The Labute approximate surface area is 232 Å². The minimum atomic E-state index is -0.130. The monoisotopic (exact) mass is 597 g/mol. The van der Waals surface area contributed by atoms with Crippen LogP contribution in [0.15, 0.2) is 94.9 Å². The molecule has 0 radical (unpaired) electrons. The van der Waals surface area contributed by atoms with E-state index in [2.05, 4.69) is 111 Å². The van der Waals surface area contributed by atoms with Gasteiger partial charge in [-0.2, -0.15) is 0 Å². The number of benzene rings is 4. The van der Waals surface area contributed by atoms with Crippen LogP contribution in [0.3, 0.4) is 0 Å². The fourth-order valence-electron chi connectivity index (χ4n) is 5.71. The Bertz CT molecular complexity index is 1870. The predicted molar refractivity (Wildman–Crippen MR) is 167 cm³/mol. The maximum Gasteiger partial charge on any atom is 0.210 e. The van der Waals surface area contributed by atoms with Gasteiger partial charge in [0.1, 0.15) is 12.0 Å². The molecule has 2 aromatic heterocycles. The molecule has 1 atom stereocenters. The van der Waals surface area contributed by atoms with Crippen LogP contribution in [0.1, 0.15) is 26.3 Å². The van der Waals surface area contributed by atoms with E-state index in [-0.39, 0.29) is 30.1 Å². The van der Waals surface area contributed by atoms with E-state index in [0.29, 0.717) is 0 Å². The van der Waals surface area contributed by atoms with Crippen molar-refractivity contribution in [3.63, 3.8) is 0 Å². The summed E-state index contributed by atoms with van der Waals surface area (Å²) in [6, 6.07) is 30.8. The van der Waals surface area contributed by atoms with E-state index >= 15 is 0 Å². The zero-order valence-electron chi connectivity index (χ0n) is 21.1. The summed E-state index contributed by atoms with van der Waals surface area (Å²) in [4.78, 5) is 9.49. The first-order valence-corrected chi connectivity index (χ1v) is 12.6. The zero-order valence-corrected chi connectivity index (χ0v) is 23.4. The first kappa shape index (κ1) is 23.7. The van der Waals surface area contributed by atoms with Gasteiger partial charge in [0.05, 0.1) is 22.1 Å². The number of aromatic nitrogens is 2. The maximum atomic E-state index is 4.92. The molecular formula is C31H28IN5. The smallest absolute Gasteiger partial charge is 0.210 e. The summed E-state index contributed by atoms with van der Waals surface area (Å²) < 4.78 is 4.68. The van der Waals surface area contributed by atoms with Crippen LogP contribution in [0, 0.1) is 0 Å². The van der Waals surface area contributed by atoms with Crippen LogP contribution in [0.5, 0.6) is 0 Å². The molecule has 184 valence electrons. The van der Waals surface area contributed by atoms with Gasteiger partial charge >= 0.3 is 0 Å². The Morgan fingerprint density at radius 1 is 0.730 bits per heavy atom. The van der Waals surface area contributed by atoms with Crippen molar-refractivity contribution in [1.29, 1.82) is 0 Å². The number of hydrogen-bond donors (Lipinski definition) is 1. The van der Waals surface area contributed by atoms with E-state index in [1.54, 1.807) is 0 Å². The van der Waals surface area contributed by atoms with E-state index in [1.807, 2.05) is 13.8 Å². The molecule has 1 aliphatic rings. The quantitative estimate of drug-likeness (QED) is 0.205. The Kier molecular flexibility index (Phi) is 5.79. The van der Waals surface area contributed by atoms with Crippen LogP contribution in [0.25, 0.3) is 49.3 Å². The summed E-state index contributed by atoms with van der Waals surface area (Å²) in [5.41, 5.74) is 7.21. The van der Waals surface area contributed by atoms with Crippen LogP contribution in [0.2, 0.25) is 0 Å². The molecular weight excluding hydrogens is 569 g/mol. The van der Waals surface area contributed by atoms with Crippen LogP contribution < -0.4 is 5.32 Å². The van der Waals surface area contributed by atoms with Gasteiger partial charge in [-0.1, -0.05) is 61.5 Å². The van der Waals surface area contributed by atoms with E-state index in [4.69, 9.17) is 4.99 Å². The lowest BCUT2D eigenvalue weighted by Crippen LogP contribution is -2.38. The average Bonchev–Trinajstić information content (AvgIpc) is 3.41. The third-order valence-electron chi connectivity index (χ3n) is 7.27. The van der Waals surface area contributed by atoms with Gasteiger partial charge in [-0.3, -0.25) is 4.57 Å². The molecule has 0 aliphatic carbocycles. The predicted octanol–water partition coefficient (Wildman–Crippen LogP) is 7.64. The van der Waals surface area contributed by atoms with Crippen molar-refractivity contribution < 1.29 is 0 Å². The molecule has 0 fully saturated rings. The maximum absolute atomic E-state index is 4.92. The third kappa shape index (κ3) is 3.57. The second-order valence-corrected chi connectivity index (χ2v) is 9.51. The normalized spacial score (nSPS) is 15.6. The highest BCUT2D eigenvalue weighted by atomic mass is 127. The number of aryl methyl sites for hydroxylation is 1. The summed E-state index contributed by atoms with van der Waals surface area (Å²) in [6.07, 6.45) is 0.903. The molecule has 5 nitrogen and oxygen atoms in total. The Hall–Kier alpha value is -3.65. The Morgan fingerprint density at radius 2 is 1.41 bits per heavy atom. The highest BCUT2D eigenvalue weighted by molar-refractivity contribution is 14.0. The number of halogens is 1. The van der Waals surface area contributed by atoms with Gasteiger partial charge in [0.25, 0.3) is 0 Å². The van der Waals surface area contributed by atoms with Crippen molar-refractivity contribution in [2.75, 3.05) is 0 Å². The van der Waals surface area contributed by atoms with Crippen molar-refractivity contribution in [2.45, 2.75) is 33.4 Å². The van der Waals surface area contributed by atoms with Gasteiger partial charge in [-0.15, -0.1) is 24.0 Å². The third-order valence-corrected chi connectivity index (χ3v) is 7.27. The molecule has 0 bridgehead atoms. The van der Waals surface area contributed by atoms with Crippen molar-refractivity contribution >= 4 is 79.4 Å². The summed E-state index contributed by atoms with van der Waals surface area (Å²) in [5.74, 6) is 1.70. The van der Waals surface area contributed by atoms with E-state index in [1.165, 1.54) is 49.3 Å². The number of amidine groups is 1. The lowest BCUT2D eigenvalue weighted by atomic mass is 10.1. The van der Waals surface area contributed by atoms with Crippen LogP contribution in [-0.4, -0.2) is 27.1 Å². The lowest BCUT2D eigenvalue weighted by molar-refractivity contribution is 0.758. The number of rotatable bonds is 2. The Balaban J connectivity index is 0.00000252. The lowest BCUT2D eigenvalue weighted by Gasteiger charge is -2.19. The molecule has 37 heavy (non-hydrogen) atoms. The number of aliphatic imine (C=N–C) groups is 2. The summed E-state index contributed by atoms with van der Waals surface area (Å²) in [7, 11) is 0. The minimum absolute atomic E-state index is 0. The zero-order chi connectivity index (χ0) is 24.4. The molecule has 0 saturated heterocycles. The van der Waals surface area contributed by atoms with Crippen molar-refractivity contribution in [2.24, 2.45) is 9.98 Å². The largest absolute Gasteiger partial charge is 0.314 e. The summed E-state index contributed by atoms with van der Waals surface area (Å²) in [6.45, 7) is 6.22. The molecule has 0 spiro atoms. The van der Waals surface area contributed by atoms with Gasteiger partial charge in [-0.05, 0) is 56.2 Å². The van der Waals surface area contributed by atoms with Gasteiger partial charge in [0.2, 0.25) is 5.96 Å². The number of nitrogens with one attached hydrogen (secondary N) is 1. The van der Waals surface area contributed by atoms with E-state index < -0.39 is 0 Å². The van der Waals surface area contributed by atoms with Crippen molar-refractivity contribution in [3.05, 3.63) is 90.5 Å². The second kappa shape index (κ2) is 9.03. The molecule has 1 aliphatic heterocycles. The molecule has 1 unspecified atom stereocenters. The fraction of sp³-hybridized carbons (Fsp3) is 0.161. The molecule has 7 rings (SSSR count). The molecule has 6 heteroatoms. The highest BCUT2D eigenvalue weighted by Crippen LogP contribution is 2.40. The molecule has 0 saturated carbocycles. The number of hydrogen-bond acceptors (Lipinski definition) is 3. The van der Waals surface area contributed by atoms with Gasteiger partial charge in [0, 0.05) is 27.2 Å².